The van der Waals surface area contributed by atoms with Crippen LogP contribution in [0.15, 0.2) is 47.6 Å². The first-order valence-electron chi connectivity index (χ1n) is 11.7. The molecule has 0 aliphatic carbocycles. The summed E-state index contributed by atoms with van der Waals surface area (Å²) in [5.74, 6) is 1.80. The van der Waals surface area contributed by atoms with Gasteiger partial charge in [-0.2, -0.15) is 0 Å². The molecule has 0 bridgehead atoms. The molecule has 3 rings (SSSR count). The summed E-state index contributed by atoms with van der Waals surface area (Å²) in [6, 6.07) is 13.1. The van der Waals surface area contributed by atoms with Crippen molar-refractivity contribution in [1.82, 2.24) is 19.7 Å². The average molecular weight is 442 g/mol. The second kappa shape index (κ2) is 12.5. The van der Waals surface area contributed by atoms with Gasteiger partial charge in [0, 0.05) is 58.3 Å². The topological polar surface area (TPSA) is 54.3 Å². The van der Waals surface area contributed by atoms with Gasteiger partial charge >= 0.3 is 0 Å². The lowest BCUT2D eigenvalue weighted by molar-refractivity contribution is 0.0392. The number of guanidine groups is 1. The fourth-order valence-corrected chi connectivity index (χ4v) is 3.96. The molecule has 1 aromatic heterocycles. The maximum atomic E-state index is 6.04. The predicted molar refractivity (Wildman–Crippen MR) is 130 cm³/mol. The van der Waals surface area contributed by atoms with E-state index in [4.69, 9.17) is 14.5 Å². The predicted octanol–water partition coefficient (Wildman–Crippen LogP) is 3.11. The Labute approximate surface area is 193 Å². The second-order valence-corrected chi connectivity index (χ2v) is 8.46. The highest BCUT2D eigenvalue weighted by Gasteiger charge is 2.18. The monoisotopic (exact) mass is 441 g/mol. The van der Waals surface area contributed by atoms with Crippen LogP contribution < -0.4 is 10.1 Å². The van der Waals surface area contributed by atoms with E-state index in [9.17, 15) is 0 Å². The molecule has 1 aliphatic rings. The Hall–Kier alpha value is -2.51. The van der Waals surface area contributed by atoms with E-state index in [-0.39, 0.29) is 0 Å². The lowest BCUT2D eigenvalue weighted by atomic mass is 10.1. The van der Waals surface area contributed by atoms with E-state index in [2.05, 4.69) is 78.2 Å². The van der Waals surface area contributed by atoms with Gasteiger partial charge in [0.25, 0.3) is 0 Å². The minimum absolute atomic E-state index is 0.602. The molecular weight excluding hydrogens is 402 g/mol. The third-order valence-corrected chi connectivity index (χ3v) is 5.98. The highest BCUT2D eigenvalue weighted by molar-refractivity contribution is 5.79. The molecule has 1 saturated heterocycles. The van der Waals surface area contributed by atoms with Crippen molar-refractivity contribution in [3.63, 3.8) is 0 Å². The first kappa shape index (κ1) is 24.1. The van der Waals surface area contributed by atoms with Gasteiger partial charge in [-0.1, -0.05) is 12.1 Å². The summed E-state index contributed by atoms with van der Waals surface area (Å²) >= 11 is 0. The molecule has 1 fully saturated rings. The first-order chi connectivity index (χ1) is 15.6. The number of rotatable bonds is 10. The van der Waals surface area contributed by atoms with E-state index in [0.717, 1.165) is 63.0 Å². The van der Waals surface area contributed by atoms with Crippen molar-refractivity contribution in [3.8, 4) is 5.75 Å². The number of aromatic nitrogens is 1. The Morgan fingerprint density at radius 3 is 2.75 bits per heavy atom. The van der Waals surface area contributed by atoms with Gasteiger partial charge in [-0.05, 0) is 56.6 Å². The zero-order chi connectivity index (χ0) is 22.8. The summed E-state index contributed by atoms with van der Waals surface area (Å²) in [6.45, 7) is 7.68. The first-order valence-corrected chi connectivity index (χ1v) is 11.7. The van der Waals surface area contributed by atoms with Gasteiger partial charge in [0.2, 0.25) is 0 Å². The lowest BCUT2D eigenvalue weighted by Crippen LogP contribution is -2.38. The summed E-state index contributed by atoms with van der Waals surface area (Å²) in [6.07, 6.45) is 4.29. The third kappa shape index (κ3) is 7.28. The smallest absolute Gasteiger partial charge is 0.194 e. The van der Waals surface area contributed by atoms with Crippen LogP contribution in [0.25, 0.3) is 0 Å². The van der Waals surface area contributed by atoms with E-state index in [1.807, 2.05) is 12.1 Å². The number of likely N-dealkylation sites (N-methyl/N-ethyl adjacent to an activating group) is 1. The van der Waals surface area contributed by atoms with Crippen molar-refractivity contribution in [3.05, 3.63) is 53.9 Å². The summed E-state index contributed by atoms with van der Waals surface area (Å²) in [5, 5.41) is 3.40. The highest BCUT2D eigenvalue weighted by atomic mass is 16.5. The summed E-state index contributed by atoms with van der Waals surface area (Å²) in [7, 11) is 6.32. The normalized spacial score (nSPS) is 15.2. The molecule has 1 N–H and O–H groups in total. The van der Waals surface area contributed by atoms with Crippen molar-refractivity contribution >= 4 is 5.96 Å². The van der Waals surface area contributed by atoms with Crippen molar-refractivity contribution < 1.29 is 9.47 Å². The maximum Gasteiger partial charge on any atom is 0.194 e. The number of aryl methyl sites for hydroxylation is 1. The van der Waals surface area contributed by atoms with Crippen LogP contribution in [0.4, 0.5) is 0 Å². The quantitative estimate of drug-likeness (QED) is 0.454. The van der Waals surface area contributed by atoms with E-state index >= 15 is 0 Å². The molecule has 7 nitrogen and oxygen atoms in total. The van der Waals surface area contributed by atoms with Crippen molar-refractivity contribution in [1.29, 1.82) is 0 Å². The van der Waals surface area contributed by atoms with E-state index < -0.39 is 0 Å². The fourth-order valence-electron chi connectivity index (χ4n) is 3.96. The molecule has 0 spiro atoms. The zero-order valence-electron chi connectivity index (χ0n) is 20.1. The van der Waals surface area contributed by atoms with Crippen molar-refractivity contribution in [2.45, 2.75) is 38.9 Å². The molecule has 176 valence electrons. The van der Waals surface area contributed by atoms with Crippen LogP contribution in [0.2, 0.25) is 0 Å². The van der Waals surface area contributed by atoms with E-state index in [1.54, 1.807) is 0 Å². The van der Waals surface area contributed by atoms with Crippen LogP contribution >= 0.6 is 0 Å². The summed E-state index contributed by atoms with van der Waals surface area (Å²) in [5.41, 5.74) is 2.39. The Kier molecular flexibility index (Phi) is 9.43. The van der Waals surface area contributed by atoms with Crippen LogP contribution in [0, 0.1) is 0 Å². The molecule has 0 radical (unpaired) electrons. The maximum absolute atomic E-state index is 6.04. The standard InChI is InChI=1S/C25H39N5O2/c1-5-26-25(30(4)20-23-9-7-13-28(23)2)27-19-21-8-6-10-24(18-21)32-17-14-29(3)22-11-15-31-16-12-22/h6-10,13,18,22H,5,11-12,14-17,19-20H2,1-4H3,(H,26,27). The lowest BCUT2D eigenvalue weighted by Gasteiger charge is -2.31. The molecule has 0 unspecified atom stereocenters. The molecule has 0 amide bonds. The largest absolute Gasteiger partial charge is 0.492 e. The van der Waals surface area contributed by atoms with Crippen LogP contribution in [-0.2, 0) is 24.9 Å². The Balaban J connectivity index is 1.52. The Bertz CT molecular complexity index is 844. The number of hydrogen-bond acceptors (Lipinski definition) is 4. The molecule has 2 aromatic rings. The van der Waals surface area contributed by atoms with Crippen LogP contribution in [-0.4, -0.2) is 73.4 Å². The van der Waals surface area contributed by atoms with Gasteiger partial charge in [0.15, 0.2) is 5.96 Å². The molecule has 32 heavy (non-hydrogen) atoms. The van der Waals surface area contributed by atoms with Gasteiger partial charge in [-0.25, -0.2) is 4.99 Å². The number of aliphatic imine (C=N–C) groups is 1. The van der Waals surface area contributed by atoms with Crippen molar-refractivity contribution in [2.24, 2.45) is 12.0 Å². The van der Waals surface area contributed by atoms with Crippen molar-refractivity contribution in [2.75, 3.05) is 47.0 Å². The molecule has 7 heteroatoms. The minimum atomic E-state index is 0.602. The minimum Gasteiger partial charge on any atom is -0.492 e. The number of hydrogen-bond donors (Lipinski definition) is 1. The van der Waals surface area contributed by atoms with Gasteiger partial charge in [-0.3, -0.25) is 4.90 Å². The molecule has 0 saturated carbocycles. The Morgan fingerprint density at radius 2 is 2.03 bits per heavy atom. The number of nitrogens with zero attached hydrogens (tertiary/aromatic N) is 4. The van der Waals surface area contributed by atoms with Gasteiger partial charge in [0.1, 0.15) is 12.4 Å². The third-order valence-electron chi connectivity index (χ3n) is 5.98. The fraction of sp³-hybridized carbons (Fsp3) is 0.560. The van der Waals surface area contributed by atoms with E-state index in [1.165, 1.54) is 5.69 Å². The van der Waals surface area contributed by atoms with Crippen LogP contribution in [0.1, 0.15) is 31.0 Å². The number of ether oxygens (including phenoxy) is 2. The van der Waals surface area contributed by atoms with Crippen LogP contribution in [0.5, 0.6) is 5.75 Å². The van der Waals surface area contributed by atoms with Gasteiger partial charge in [-0.15, -0.1) is 0 Å². The number of benzene rings is 1. The zero-order valence-corrected chi connectivity index (χ0v) is 20.1. The molecule has 1 aromatic carbocycles. The molecular formula is C25H39N5O2. The SMILES string of the molecule is CCNC(=NCc1cccc(OCCN(C)C2CCOCC2)c1)N(C)Cc1cccn1C. The molecule has 0 atom stereocenters. The Morgan fingerprint density at radius 1 is 1.22 bits per heavy atom. The van der Waals surface area contributed by atoms with E-state index in [0.29, 0.717) is 19.2 Å². The van der Waals surface area contributed by atoms with Gasteiger partial charge < -0.3 is 24.3 Å². The average Bonchev–Trinajstić information content (AvgIpc) is 3.21. The highest BCUT2D eigenvalue weighted by Crippen LogP contribution is 2.16. The summed E-state index contributed by atoms with van der Waals surface area (Å²) < 4.78 is 13.6. The van der Waals surface area contributed by atoms with Crippen LogP contribution in [0.3, 0.4) is 0 Å². The number of nitrogens with one attached hydrogen (secondary N) is 1. The molecule has 1 aliphatic heterocycles. The van der Waals surface area contributed by atoms with Gasteiger partial charge in [0.05, 0.1) is 13.1 Å². The summed E-state index contributed by atoms with van der Waals surface area (Å²) in [4.78, 5) is 9.40. The second-order valence-electron chi connectivity index (χ2n) is 8.46. The molecule has 2 heterocycles.